The van der Waals surface area contributed by atoms with Gasteiger partial charge in [0.15, 0.2) is 11.6 Å². The molecule has 1 saturated carbocycles. The topological polar surface area (TPSA) is 90.8 Å². The number of rotatable bonds is 7. The highest BCUT2D eigenvalue weighted by atomic mass is 19.4. The number of nitrogens with zero attached hydrogens (tertiary/aromatic N) is 4. The van der Waals surface area contributed by atoms with Crippen molar-refractivity contribution in [3.05, 3.63) is 47.5 Å². The number of benzene rings is 1. The van der Waals surface area contributed by atoms with Crippen molar-refractivity contribution in [2.45, 2.75) is 70.5 Å². The SMILES string of the molecule is CC(C)(C)OC(=O)N1CC[C@@H](CNc2ncnc(N(Cc3ccc(C(F)(F)F)cc3)C3CC3)c2F)[C@H](O)C1. The third kappa shape index (κ3) is 7.03. The van der Waals surface area contributed by atoms with Crippen molar-refractivity contribution in [3.63, 3.8) is 0 Å². The first-order valence-electron chi connectivity index (χ1n) is 12.6. The molecule has 2 N–H and O–H groups in total. The molecule has 8 nitrogen and oxygen atoms in total. The van der Waals surface area contributed by atoms with Gasteiger partial charge in [-0.05, 0) is 57.7 Å². The Balaban J connectivity index is 1.39. The number of anilines is 2. The average molecular weight is 540 g/mol. The monoisotopic (exact) mass is 539 g/mol. The Labute approximate surface area is 219 Å². The second-order valence-electron chi connectivity index (χ2n) is 10.8. The highest BCUT2D eigenvalue weighted by molar-refractivity contribution is 5.68. The standard InChI is InChI=1S/C26H33F4N5O3/c1-25(2,3)38-24(37)34-11-10-17(20(36)14-34)12-31-22-21(27)23(33-15-32-22)35(19-8-9-19)13-16-4-6-18(7-5-16)26(28,29)30/h4-7,15,17,19-20,36H,8-14H2,1-3H3,(H,31,32,33)/t17-,20+/m0/s1. The number of hydrogen-bond acceptors (Lipinski definition) is 7. The number of β-amino-alcohol motifs (C(OH)–C–C–N with tert-alkyl or cyclic N) is 1. The van der Waals surface area contributed by atoms with Crippen LogP contribution in [0.2, 0.25) is 0 Å². The van der Waals surface area contributed by atoms with Crippen LogP contribution in [0.15, 0.2) is 30.6 Å². The van der Waals surface area contributed by atoms with E-state index in [1.165, 1.54) is 23.4 Å². The number of carbonyl (C=O) groups is 1. The number of nitrogens with one attached hydrogen (secondary N) is 1. The molecule has 1 amide bonds. The van der Waals surface area contributed by atoms with Crippen LogP contribution < -0.4 is 10.2 Å². The summed E-state index contributed by atoms with van der Waals surface area (Å²) in [6.07, 6.45) is -2.34. The highest BCUT2D eigenvalue weighted by Crippen LogP contribution is 2.35. The first-order valence-corrected chi connectivity index (χ1v) is 12.6. The van der Waals surface area contributed by atoms with Crippen LogP contribution in [0.1, 0.15) is 51.2 Å². The molecule has 1 aromatic heterocycles. The number of likely N-dealkylation sites (tertiary alicyclic amines) is 1. The molecular weight excluding hydrogens is 506 g/mol. The summed E-state index contributed by atoms with van der Waals surface area (Å²) in [7, 11) is 0. The van der Waals surface area contributed by atoms with E-state index in [4.69, 9.17) is 4.74 Å². The number of aliphatic hydroxyl groups is 1. The minimum atomic E-state index is -4.42. The number of alkyl halides is 3. The maximum atomic E-state index is 15.5. The number of ether oxygens (including phenoxy) is 1. The minimum Gasteiger partial charge on any atom is -0.444 e. The van der Waals surface area contributed by atoms with Crippen LogP contribution in [0.4, 0.5) is 34.0 Å². The van der Waals surface area contributed by atoms with E-state index < -0.39 is 35.4 Å². The van der Waals surface area contributed by atoms with Crippen molar-refractivity contribution < 1.29 is 32.2 Å². The number of halogens is 4. The lowest BCUT2D eigenvalue weighted by Crippen LogP contribution is -2.49. The van der Waals surface area contributed by atoms with Gasteiger partial charge in [0, 0.05) is 31.6 Å². The van der Waals surface area contributed by atoms with Gasteiger partial charge in [-0.3, -0.25) is 0 Å². The van der Waals surface area contributed by atoms with Gasteiger partial charge in [0.1, 0.15) is 11.9 Å². The quantitative estimate of drug-likeness (QED) is 0.487. The Hall–Kier alpha value is -3.15. The van der Waals surface area contributed by atoms with E-state index in [1.54, 1.807) is 25.7 Å². The van der Waals surface area contributed by atoms with Crippen molar-refractivity contribution in [1.82, 2.24) is 14.9 Å². The predicted molar refractivity (Wildman–Crippen MR) is 133 cm³/mol. The van der Waals surface area contributed by atoms with Gasteiger partial charge in [-0.1, -0.05) is 12.1 Å². The molecule has 1 aliphatic carbocycles. The average Bonchev–Trinajstić information content (AvgIpc) is 3.67. The van der Waals surface area contributed by atoms with E-state index >= 15 is 4.39 Å². The molecule has 1 saturated heterocycles. The molecule has 1 aromatic carbocycles. The van der Waals surface area contributed by atoms with E-state index in [1.807, 2.05) is 0 Å². The van der Waals surface area contributed by atoms with Crippen molar-refractivity contribution in [1.29, 1.82) is 0 Å². The molecule has 2 fully saturated rings. The Kier molecular flexibility index (Phi) is 8.01. The summed E-state index contributed by atoms with van der Waals surface area (Å²) in [5, 5.41) is 13.6. The second-order valence-corrected chi connectivity index (χ2v) is 10.8. The third-order valence-corrected chi connectivity index (χ3v) is 6.57. The van der Waals surface area contributed by atoms with E-state index in [2.05, 4.69) is 15.3 Å². The summed E-state index contributed by atoms with van der Waals surface area (Å²) in [4.78, 5) is 23.7. The third-order valence-electron chi connectivity index (χ3n) is 6.57. The maximum Gasteiger partial charge on any atom is 0.416 e. The molecule has 0 radical (unpaired) electrons. The van der Waals surface area contributed by atoms with Crippen LogP contribution in [-0.2, 0) is 17.5 Å². The lowest BCUT2D eigenvalue weighted by Gasteiger charge is -2.36. The lowest BCUT2D eigenvalue weighted by atomic mass is 9.94. The normalized spacial score (nSPS) is 20.3. The predicted octanol–water partition coefficient (Wildman–Crippen LogP) is 4.83. The molecule has 12 heteroatoms. The summed E-state index contributed by atoms with van der Waals surface area (Å²) >= 11 is 0. The van der Waals surface area contributed by atoms with Gasteiger partial charge in [0.25, 0.3) is 0 Å². The molecule has 208 valence electrons. The first-order chi connectivity index (χ1) is 17.8. The maximum absolute atomic E-state index is 15.5. The molecule has 0 spiro atoms. The van der Waals surface area contributed by atoms with Crippen LogP contribution in [0, 0.1) is 11.7 Å². The largest absolute Gasteiger partial charge is 0.444 e. The fourth-order valence-corrected chi connectivity index (χ4v) is 4.38. The Morgan fingerprint density at radius 2 is 1.84 bits per heavy atom. The lowest BCUT2D eigenvalue weighted by molar-refractivity contribution is -0.137. The highest BCUT2D eigenvalue weighted by Gasteiger charge is 2.35. The zero-order valence-electron chi connectivity index (χ0n) is 21.6. The van der Waals surface area contributed by atoms with Gasteiger partial charge in [0.05, 0.1) is 18.2 Å². The van der Waals surface area contributed by atoms with Crippen molar-refractivity contribution in [3.8, 4) is 0 Å². The van der Waals surface area contributed by atoms with Crippen LogP contribution in [0.5, 0.6) is 0 Å². The number of piperidine rings is 1. The van der Waals surface area contributed by atoms with Crippen molar-refractivity contribution in [2.24, 2.45) is 5.92 Å². The van der Waals surface area contributed by atoms with Gasteiger partial charge in [-0.25, -0.2) is 14.8 Å². The molecule has 0 bridgehead atoms. The number of amides is 1. The zero-order chi connectivity index (χ0) is 27.7. The van der Waals surface area contributed by atoms with Crippen LogP contribution in [0.25, 0.3) is 0 Å². The summed E-state index contributed by atoms with van der Waals surface area (Å²) < 4.78 is 59.6. The molecule has 0 unspecified atom stereocenters. The number of hydrogen-bond donors (Lipinski definition) is 2. The molecule has 2 atom stereocenters. The molecule has 2 aromatic rings. The molecule has 4 rings (SSSR count). The number of carbonyl (C=O) groups excluding carboxylic acids is 1. The minimum absolute atomic E-state index is 0.0187. The Morgan fingerprint density at radius 1 is 1.16 bits per heavy atom. The fraction of sp³-hybridized carbons (Fsp3) is 0.577. The van der Waals surface area contributed by atoms with Crippen molar-refractivity contribution >= 4 is 17.7 Å². The van der Waals surface area contributed by atoms with Gasteiger partial charge >= 0.3 is 12.3 Å². The Morgan fingerprint density at radius 3 is 2.42 bits per heavy atom. The molecule has 2 heterocycles. The molecular formula is C26H33F4N5O3. The van der Waals surface area contributed by atoms with Crippen LogP contribution >= 0.6 is 0 Å². The summed E-state index contributed by atoms with van der Waals surface area (Å²) in [5.74, 6) is -0.842. The zero-order valence-corrected chi connectivity index (χ0v) is 21.6. The van der Waals surface area contributed by atoms with Crippen LogP contribution in [-0.4, -0.2) is 63.4 Å². The van der Waals surface area contributed by atoms with Gasteiger partial charge < -0.3 is 25.0 Å². The number of aromatic nitrogens is 2. The summed E-state index contributed by atoms with van der Waals surface area (Å²) in [6, 6.07) is 4.85. The van der Waals surface area contributed by atoms with E-state index in [0.29, 0.717) is 18.5 Å². The van der Waals surface area contributed by atoms with Gasteiger partial charge in [-0.15, -0.1) is 0 Å². The van der Waals surface area contributed by atoms with Gasteiger partial charge in [0.2, 0.25) is 5.82 Å². The second kappa shape index (κ2) is 10.9. The smallest absolute Gasteiger partial charge is 0.416 e. The fourth-order valence-electron chi connectivity index (χ4n) is 4.38. The molecule has 38 heavy (non-hydrogen) atoms. The van der Waals surface area contributed by atoms with E-state index in [0.717, 1.165) is 25.0 Å². The summed E-state index contributed by atoms with van der Waals surface area (Å²) in [6.45, 7) is 6.28. The Bertz CT molecular complexity index is 1120. The summed E-state index contributed by atoms with van der Waals surface area (Å²) in [5.41, 5.74) is -0.765. The van der Waals surface area contributed by atoms with E-state index in [9.17, 15) is 23.1 Å². The first kappa shape index (κ1) is 27.9. The van der Waals surface area contributed by atoms with Crippen LogP contribution in [0.3, 0.4) is 0 Å². The number of aliphatic hydroxyl groups excluding tert-OH is 1. The molecule has 1 aliphatic heterocycles. The van der Waals surface area contributed by atoms with Crippen molar-refractivity contribution in [2.75, 3.05) is 29.9 Å². The van der Waals surface area contributed by atoms with E-state index in [-0.39, 0.29) is 43.2 Å². The molecule has 2 aliphatic rings. The van der Waals surface area contributed by atoms with Gasteiger partial charge in [-0.2, -0.15) is 17.6 Å².